The van der Waals surface area contributed by atoms with Crippen molar-refractivity contribution in [3.8, 4) is 5.69 Å². The second kappa shape index (κ2) is 6.66. The second-order valence-electron chi connectivity index (χ2n) is 5.85. The minimum Gasteiger partial charge on any atom is -0.268 e. The van der Waals surface area contributed by atoms with Crippen LogP contribution in [-0.2, 0) is 12.4 Å². The van der Waals surface area contributed by atoms with Crippen LogP contribution in [-0.4, -0.2) is 9.55 Å². The molecule has 0 radical (unpaired) electrons. The van der Waals surface area contributed by atoms with Gasteiger partial charge in [-0.25, -0.2) is 4.98 Å². The standard InChI is InChI=1S/C17H8Cl2F6N2O/c1-7-26-14-12(5-10(18)6-13(14)19)15(28)27(7)11-3-8(16(20,21)22)2-9(4-11)17(23,24)25/h2-6H,1H3. The molecule has 3 nitrogen and oxygen atoms in total. The highest BCUT2D eigenvalue weighted by Crippen LogP contribution is 2.37. The van der Waals surface area contributed by atoms with Gasteiger partial charge in [0, 0.05) is 5.02 Å². The molecule has 0 spiro atoms. The summed E-state index contributed by atoms with van der Waals surface area (Å²) < 4.78 is 79.3. The molecular weight excluding hydrogens is 433 g/mol. The average Bonchev–Trinajstić information content (AvgIpc) is 2.54. The van der Waals surface area contributed by atoms with Gasteiger partial charge in [0.15, 0.2) is 0 Å². The summed E-state index contributed by atoms with van der Waals surface area (Å²) >= 11 is 11.8. The normalized spacial score (nSPS) is 12.6. The van der Waals surface area contributed by atoms with Crippen molar-refractivity contribution in [1.82, 2.24) is 9.55 Å². The maximum Gasteiger partial charge on any atom is 0.416 e. The Bertz CT molecular complexity index is 1120. The molecule has 0 aliphatic heterocycles. The molecule has 0 N–H and O–H groups in total. The van der Waals surface area contributed by atoms with Crippen molar-refractivity contribution in [2.75, 3.05) is 0 Å². The first kappa shape index (κ1) is 20.5. The summed E-state index contributed by atoms with van der Waals surface area (Å²) in [6.07, 6.45) is -10.1. The van der Waals surface area contributed by atoms with E-state index in [1.807, 2.05) is 0 Å². The van der Waals surface area contributed by atoms with Gasteiger partial charge in [0.1, 0.15) is 5.82 Å². The topological polar surface area (TPSA) is 34.9 Å². The third-order valence-electron chi connectivity index (χ3n) is 3.89. The highest BCUT2D eigenvalue weighted by atomic mass is 35.5. The van der Waals surface area contributed by atoms with Gasteiger partial charge in [-0.1, -0.05) is 23.2 Å². The van der Waals surface area contributed by atoms with Gasteiger partial charge in [-0.2, -0.15) is 26.3 Å². The van der Waals surface area contributed by atoms with E-state index < -0.39 is 34.7 Å². The molecule has 0 bridgehead atoms. The van der Waals surface area contributed by atoms with Crippen LogP contribution < -0.4 is 5.56 Å². The van der Waals surface area contributed by atoms with Crippen molar-refractivity contribution in [3.05, 3.63) is 67.7 Å². The number of alkyl halides is 6. The monoisotopic (exact) mass is 440 g/mol. The van der Waals surface area contributed by atoms with Crippen molar-refractivity contribution < 1.29 is 26.3 Å². The van der Waals surface area contributed by atoms with Crippen LogP contribution in [0, 0.1) is 6.92 Å². The molecule has 3 aromatic rings. The van der Waals surface area contributed by atoms with Crippen LogP contribution in [0.4, 0.5) is 26.3 Å². The van der Waals surface area contributed by atoms with Crippen LogP contribution in [0.25, 0.3) is 16.6 Å². The number of rotatable bonds is 1. The summed E-state index contributed by atoms with van der Waals surface area (Å²) in [5.74, 6) is -0.144. The molecule has 3 rings (SSSR count). The first-order valence-corrected chi connectivity index (χ1v) is 8.23. The Morgan fingerprint density at radius 1 is 0.893 bits per heavy atom. The number of hydrogen-bond donors (Lipinski definition) is 0. The smallest absolute Gasteiger partial charge is 0.268 e. The van der Waals surface area contributed by atoms with Crippen LogP contribution in [0.1, 0.15) is 17.0 Å². The largest absolute Gasteiger partial charge is 0.416 e. The highest BCUT2D eigenvalue weighted by Gasteiger charge is 2.37. The molecule has 0 aliphatic rings. The predicted molar refractivity (Wildman–Crippen MR) is 92.1 cm³/mol. The van der Waals surface area contributed by atoms with Crippen molar-refractivity contribution in [1.29, 1.82) is 0 Å². The minimum atomic E-state index is -5.05. The SMILES string of the molecule is Cc1nc2c(Cl)cc(Cl)cc2c(=O)n1-c1cc(C(F)(F)F)cc(C(F)(F)F)c1. The lowest BCUT2D eigenvalue weighted by Crippen LogP contribution is -2.23. The van der Waals surface area contributed by atoms with E-state index in [2.05, 4.69) is 4.98 Å². The zero-order valence-corrected chi connectivity index (χ0v) is 15.2. The third-order valence-corrected chi connectivity index (χ3v) is 4.40. The summed E-state index contributed by atoms with van der Waals surface area (Å²) in [5.41, 5.74) is -4.59. The van der Waals surface area contributed by atoms with E-state index in [0.717, 1.165) is 0 Å². The van der Waals surface area contributed by atoms with Gasteiger partial charge in [-0.3, -0.25) is 9.36 Å². The molecule has 0 unspecified atom stereocenters. The lowest BCUT2D eigenvalue weighted by atomic mass is 10.1. The molecule has 0 saturated heterocycles. The Labute approximate surface area is 163 Å². The van der Waals surface area contributed by atoms with Gasteiger partial charge in [0.05, 0.1) is 32.7 Å². The molecule has 1 aromatic heterocycles. The highest BCUT2D eigenvalue weighted by molar-refractivity contribution is 6.38. The van der Waals surface area contributed by atoms with E-state index in [9.17, 15) is 31.1 Å². The number of aryl methyl sites for hydroxylation is 1. The first-order chi connectivity index (χ1) is 12.8. The Morgan fingerprint density at radius 3 is 1.93 bits per heavy atom. The minimum absolute atomic E-state index is 0.0217. The van der Waals surface area contributed by atoms with Gasteiger partial charge in [0.2, 0.25) is 0 Å². The van der Waals surface area contributed by atoms with E-state index in [1.165, 1.54) is 19.1 Å². The number of nitrogens with zero attached hydrogens (tertiary/aromatic N) is 2. The number of halogens is 8. The summed E-state index contributed by atoms with van der Waals surface area (Å²) in [4.78, 5) is 16.9. The molecule has 11 heteroatoms. The molecule has 0 fully saturated rings. The fourth-order valence-corrected chi connectivity index (χ4v) is 3.23. The van der Waals surface area contributed by atoms with Gasteiger partial charge in [-0.05, 0) is 37.3 Å². The number of hydrogen-bond acceptors (Lipinski definition) is 2. The van der Waals surface area contributed by atoms with E-state index in [0.29, 0.717) is 16.7 Å². The third kappa shape index (κ3) is 3.68. The molecule has 0 amide bonds. The van der Waals surface area contributed by atoms with Crippen LogP contribution in [0.15, 0.2) is 35.1 Å². The zero-order chi connectivity index (χ0) is 21.0. The lowest BCUT2D eigenvalue weighted by Gasteiger charge is -2.17. The van der Waals surface area contributed by atoms with E-state index in [4.69, 9.17) is 23.2 Å². The van der Waals surface area contributed by atoms with Crippen molar-refractivity contribution in [2.24, 2.45) is 0 Å². The summed E-state index contributed by atoms with van der Waals surface area (Å²) in [6, 6.07) is 3.37. The second-order valence-corrected chi connectivity index (χ2v) is 6.69. The number of benzene rings is 2. The van der Waals surface area contributed by atoms with E-state index >= 15 is 0 Å². The zero-order valence-electron chi connectivity index (χ0n) is 13.7. The molecule has 0 aliphatic carbocycles. The average molecular weight is 441 g/mol. The van der Waals surface area contributed by atoms with Gasteiger partial charge in [0.25, 0.3) is 5.56 Å². The van der Waals surface area contributed by atoms with Gasteiger partial charge in [-0.15, -0.1) is 0 Å². The summed E-state index contributed by atoms with van der Waals surface area (Å²) in [6.45, 7) is 1.26. The van der Waals surface area contributed by atoms with Crippen molar-refractivity contribution >= 4 is 34.1 Å². The fraction of sp³-hybridized carbons (Fsp3) is 0.176. The van der Waals surface area contributed by atoms with Crippen LogP contribution in [0.2, 0.25) is 10.0 Å². The molecule has 28 heavy (non-hydrogen) atoms. The van der Waals surface area contributed by atoms with Crippen molar-refractivity contribution in [2.45, 2.75) is 19.3 Å². The first-order valence-electron chi connectivity index (χ1n) is 7.47. The molecule has 1 heterocycles. The van der Waals surface area contributed by atoms with Crippen LogP contribution >= 0.6 is 23.2 Å². The summed E-state index contributed by atoms with van der Waals surface area (Å²) in [5, 5.41) is -0.0595. The fourth-order valence-electron chi connectivity index (χ4n) is 2.69. The Balaban J connectivity index is 2.41. The van der Waals surface area contributed by atoms with E-state index in [1.54, 1.807) is 0 Å². The Morgan fingerprint density at radius 2 is 1.43 bits per heavy atom. The Hall–Kier alpha value is -2.26. The maximum atomic E-state index is 13.1. The Kier molecular flexibility index (Phi) is 4.87. The quantitative estimate of drug-likeness (QED) is 0.432. The van der Waals surface area contributed by atoms with Crippen molar-refractivity contribution in [3.63, 3.8) is 0 Å². The molecule has 2 aromatic carbocycles. The molecule has 0 saturated carbocycles. The molecule has 148 valence electrons. The van der Waals surface area contributed by atoms with Gasteiger partial charge < -0.3 is 0 Å². The van der Waals surface area contributed by atoms with Crippen LogP contribution in [0.3, 0.4) is 0 Å². The maximum absolute atomic E-state index is 13.1. The lowest BCUT2D eigenvalue weighted by molar-refractivity contribution is -0.143. The molecule has 0 atom stereocenters. The number of fused-ring (bicyclic) bond motifs is 1. The number of aromatic nitrogens is 2. The van der Waals surface area contributed by atoms with Gasteiger partial charge >= 0.3 is 12.4 Å². The predicted octanol–water partition coefficient (Wildman–Crippen LogP) is 6.04. The molecular formula is C17H8Cl2F6N2O. The van der Waals surface area contributed by atoms with Crippen LogP contribution in [0.5, 0.6) is 0 Å². The summed E-state index contributed by atoms with van der Waals surface area (Å²) in [7, 11) is 0. The van der Waals surface area contributed by atoms with E-state index in [-0.39, 0.29) is 32.8 Å².